The van der Waals surface area contributed by atoms with Crippen molar-refractivity contribution in [1.29, 1.82) is 0 Å². The van der Waals surface area contributed by atoms with Crippen molar-refractivity contribution in [3.8, 4) is 0 Å². The number of benzene rings is 1. The molecule has 0 aliphatic heterocycles. The summed E-state index contributed by atoms with van der Waals surface area (Å²) >= 11 is 0. The molecule has 2 rings (SSSR count). The standard InChI is InChI=1S/C20H27N3O2/c1-14(2)17-6-4-5-7-18(17)23-20(25)12-15(3)22-13-19(24)16-8-10-21-11-9-16/h4-11,14-15,19,22,24H,12-13H2,1-3H3,(H,23,25). The number of para-hydroxylation sites is 1. The van der Waals surface area contributed by atoms with Crippen LogP contribution in [0.5, 0.6) is 0 Å². The summed E-state index contributed by atoms with van der Waals surface area (Å²) in [5.41, 5.74) is 2.81. The fraction of sp³-hybridized carbons (Fsp3) is 0.400. The van der Waals surface area contributed by atoms with Crippen molar-refractivity contribution in [2.45, 2.75) is 45.3 Å². The fourth-order valence-electron chi connectivity index (χ4n) is 2.68. The molecule has 0 aliphatic carbocycles. The van der Waals surface area contributed by atoms with Gasteiger partial charge in [-0.05, 0) is 42.2 Å². The van der Waals surface area contributed by atoms with Gasteiger partial charge in [-0.2, -0.15) is 0 Å². The van der Waals surface area contributed by atoms with E-state index in [0.29, 0.717) is 18.9 Å². The Kier molecular flexibility index (Phi) is 7.10. The van der Waals surface area contributed by atoms with Gasteiger partial charge in [0.2, 0.25) is 5.91 Å². The minimum absolute atomic E-state index is 0.0356. The summed E-state index contributed by atoms with van der Waals surface area (Å²) in [7, 11) is 0. The molecule has 5 nitrogen and oxygen atoms in total. The minimum atomic E-state index is -0.616. The number of aliphatic hydroxyl groups excluding tert-OH is 1. The number of nitrogens with zero attached hydrogens (tertiary/aromatic N) is 1. The van der Waals surface area contributed by atoms with Crippen molar-refractivity contribution in [3.63, 3.8) is 0 Å². The van der Waals surface area contributed by atoms with E-state index in [1.807, 2.05) is 31.2 Å². The van der Waals surface area contributed by atoms with Gasteiger partial charge in [-0.15, -0.1) is 0 Å². The van der Waals surface area contributed by atoms with Gasteiger partial charge >= 0.3 is 0 Å². The van der Waals surface area contributed by atoms with Gasteiger partial charge in [0, 0.05) is 37.1 Å². The van der Waals surface area contributed by atoms with E-state index in [-0.39, 0.29) is 11.9 Å². The number of hydrogen-bond donors (Lipinski definition) is 3. The molecule has 0 spiro atoms. The van der Waals surface area contributed by atoms with Gasteiger partial charge in [-0.1, -0.05) is 32.0 Å². The van der Waals surface area contributed by atoms with Gasteiger partial charge in [-0.25, -0.2) is 0 Å². The SMILES string of the molecule is CC(CC(=O)Nc1ccccc1C(C)C)NCC(O)c1ccncc1. The quantitative estimate of drug-likeness (QED) is 0.689. The number of carbonyl (C=O) groups is 1. The Morgan fingerprint density at radius 2 is 1.80 bits per heavy atom. The van der Waals surface area contributed by atoms with Crippen molar-refractivity contribution >= 4 is 11.6 Å². The molecule has 0 bridgehead atoms. The molecular weight excluding hydrogens is 314 g/mol. The zero-order valence-corrected chi connectivity index (χ0v) is 15.1. The predicted molar refractivity (Wildman–Crippen MR) is 100 cm³/mol. The zero-order chi connectivity index (χ0) is 18.2. The third-order valence-electron chi connectivity index (χ3n) is 4.10. The first kappa shape index (κ1) is 19.1. The Hall–Kier alpha value is -2.24. The van der Waals surface area contributed by atoms with E-state index in [2.05, 4.69) is 29.5 Å². The Morgan fingerprint density at radius 3 is 2.48 bits per heavy atom. The van der Waals surface area contributed by atoms with Gasteiger partial charge < -0.3 is 15.7 Å². The van der Waals surface area contributed by atoms with Crippen LogP contribution >= 0.6 is 0 Å². The highest BCUT2D eigenvalue weighted by Crippen LogP contribution is 2.23. The van der Waals surface area contributed by atoms with E-state index in [9.17, 15) is 9.90 Å². The van der Waals surface area contributed by atoms with Crippen molar-refractivity contribution < 1.29 is 9.90 Å². The summed E-state index contributed by atoms with van der Waals surface area (Å²) in [6.07, 6.45) is 3.04. The molecule has 3 N–H and O–H groups in total. The Labute approximate surface area is 149 Å². The molecule has 2 atom stereocenters. The Balaban J connectivity index is 1.82. The summed E-state index contributed by atoms with van der Waals surface area (Å²) in [6, 6.07) is 11.4. The van der Waals surface area contributed by atoms with Crippen LogP contribution in [0.4, 0.5) is 5.69 Å². The second-order valence-corrected chi connectivity index (χ2v) is 6.60. The van der Waals surface area contributed by atoms with Gasteiger partial charge in [0.1, 0.15) is 0 Å². The van der Waals surface area contributed by atoms with E-state index in [1.54, 1.807) is 24.5 Å². The smallest absolute Gasteiger partial charge is 0.225 e. The molecule has 1 heterocycles. The van der Waals surface area contributed by atoms with E-state index >= 15 is 0 Å². The van der Waals surface area contributed by atoms with Crippen LogP contribution in [-0.4, -0.2) is 28.6 Å². The first-order valence-electron chi connectivity index (χ1n) is 8.67. The van der Waals surface area contributed by atoms with Gasteiger partial charge in [0.25, 0.3) is 0 Å². The summed E-state index contributed by atoms with van der Waals surface area (Å²) in [4.78, 5) is 16.2. The number of hydrogen-bond acceptors (Lipinski definition) is 4. The zero-order valence-electron chi connectivity index (χ0n) is 15.1. The second-order valence-electron chi connectivity index (χ2n) is 6.60. The number of carbonyl (C=O) groups excluding carboxylic acids is 1. The van der Waals surface area contributed by atoms with E-state index in [0.717, 1.165) is 16.8 Å². The number of nitrogens with one attached hydrogen (secondary N) is 2. The summed E-state index contributed by atoms with van der Waals surface area (Å²) in [5.74, 6) is 0.314. The molecule has 2 aromatic rings. The van der Waals surface area contributed by atoms with E-state index in [1.165, 1.54) is 0 Å². The molecular formula is C20H27N3O2. The van der Waals surface area contributed by atoms with E-state index < -0.39 is 6.10 Å². The lowest BCUT2D eigenvalue weighted by molar-refractivity contribution is -0.116. The molecule has 0 saturated heterocycles. The third-order valence-corrected chi connectivity index (χ3v) is 4.10. The number of anilines is 1. The normalized spacial score (nSPS) is 13.5. The average Bonchev–Trinajstić information content (AvgIpc) is 2.60. The van der Waals surface area contributed by atoms with Gasteiger partial charge in [-0.3, -0.25) is 9.78 Å². The van der Waals surface area contributed by atoms with Crippen LogP contribution in [0.25, 0.3) is 0 Å². The minimum Gasteiger partial charge on any atom is -0.387 e. The van der Waals surface area contributed by atoms with Crippen LogP contribution in [-0.2, 0) is 4.79 Å². The van der Waals surface area contributed by atoms with Crippen LogP contribution in [0, 0.1) is 0 Å². The molecule has 25 heavy (non-hydrogen) atoms. The number of amides is 1. The first-order valence-corrected chi connectivity index (χ1v) is 8.67. The average molecular weight is 341 g/mol. The van der Waals surface area contributed by atoms with Crippen molar-refractivity contribution in [2.75, 3.05) is 11.9 Å². The highest BCUT2D eigenvalue weighted by Gasteiger charge is 2.14. The maximum absolute atomic E-state index is 12.3. The number of rotatable bonds is 8. The Morgan fingerprint density at radius 1 is 1.12 bits per heavy atom. The van der Waals surface area contributed by atoms with Crippen molar-refractivity contribution in [2.24, 2.45) is 0 Å². The van der Waals surface area contributed by atoms with Crippen LogP contribution in [0.2, 0.25) is 0 Å². The second kappa shape index (κ2) is 9.30. The van der Waals surface area contributed by atoms with Gasteiger partial charge in [0.15, 0.2) is 0 Å². The molecule has 1 aromatic heterocycles. The molecule has 1 aromatic carbocycles. The summed E-state index contributed by atoms with van der Waals surface area (Å²) in [6.45, 7) is 6.54. The lowest BCUT2D eigenvalue weighted by atomic mass is 10.0. The highest BCUT2D eigenvalue weighted by molar-refractivity contribution is 5.91. The molecule has 1 amide bonds. The molecule has 0 aliphatic rings. The number of pyridine rings is 1. The van der Waals surface area contributed by atoms with Crippen LogP contribution in [0.15, 0.2) is 48.8 Å². The van der Waals surface area contributed by atoms with Crippen LogP contribution < -0.4 is 10.6 Å². The van der Waals surface area contributed by atoms with Crippen LogP contribution in [0.3, 0.4) is 0 Å². The van der Waals surface area contributed by atoms with E-state index in [4.69, 9.17) is 0 Å². The maximum atomic E-state index is 12.3. The summed E-state index contributed by atoms with van der Waals surface area (Å²) < 4.78 is 0. The molecule has 0 saturated carbocycles. The fourth-order valence-corrected chi connectivity index (χ4v) is 2.68. The number of aromatic nitrogens is 1. The molecule has 0 radical (unpaired) electrons. The topological polar surface area (TPSA) is 74.2 Å². The maximum Gasteiger partial charge on any atom is 0.225 e. The molecule has 5 heteroatoms. The number of aliphatic hydroxyl groups is 1. The third kappa shape index (κ3) is 5.96. The Bertz CT molecular complexity index is 674. The lowest BCUT2D eigenvalue weighted by Crippen LogP contribution is -2.33. The largest absolute Gasteiger partial charge is 0.387 e. The van der Waals surface area contributed by atoms with Gasteiger partial charge in [0.05, 0.1) is 6.10 Å². The summed E-state index contributed by atoms with van der Waals surface area (Å²) in [5, 5.41) is 16.3. The molecule has 134 valence electrons. The predicted octanol–water partition coefficient (Wildman–Crippen LogP) is 3.25. The first-order chi connectivity index (χ1) is 12.0. The van der Waals surface area contributed by atoms with Crippen LogP contribution in [0.1, 0.15) is 50.3 Å². The van der Waals surface area contributed by atoms with Crippen molar-refractivity contribution in [3.05, 3.63) is 59.9 Å². The molecule has 0 fully saturated rings. The lowest BCUT2D eigenvalue weighted by Gasteiger charge is -2.18. The molecule has 2 unspecified atom stereocenters. The van der Waals surface area contributed by atoms with Crippen molar-refractivity contribution in [1.82, 2.24) is 10.3 Å². The highest BCUT2D eigenvalue weighted by atomic mass is 16.3. The monoisotopic (exact) mass is 341 g/mol.